The molecule has 0 aliphatic carbocycles. The second-order valence-corrected chi connectivity index (χ2v) is 7.81. The lowest BCUT2D eigenvalue weighted by Gasteiger charge is -2.16. The SMILES string of the molecule is CCOC(=O)c1c(C)[nH]c(-c2csc(CN(C)CC(=O)NC(C)C)n2)c1C. The number of aromatic amines is 1. The normalized spacial score (nSPS) is 11.3. The average molecular weight is 393 g/mol. The van der Waals surface area contributed by atoms with E-state index < -0.39 is 0 Å². The predicted molar refractivity (Wildman–Crippen MR) is 107 cm³/mol. The third-order valence-electron chi connectivity index (χ3n) is 3.99. The summed E-state index contributed by atoms with van der Waals surface area (Å²) in [5.41, 5.74) is 3.82. The summed E-state index contributed by atoms with van der Waals surface area (Å²) >= 11 is 1.54. The fourth-order valence-electron chi connectivity index (χ4n) is 2.91. The van der Waals surface area contributed by atoms with E-state index in [0.29, 0.717) is 25.3 Å². The number of aromatic nitrogens is 2. The highest BCUT2D eigenvalue weighted by molar-refractivity contribution is 7.09. The van der Waals surface area contributed by atoms with Gasteiger partial charge in [-0.25, -0.2) is 9.78 Å². The molecule has 0 aliphatic heterocycles. The van der Waals surface area contributed by atoms with Gasteiger partial charge in [-0.05, 0) is 47.2 Å². The molecule has 0 fully saturated rings. The van der Waals surface area contributed by atoms with Crippen molar-refractivity contribution in [3.05, 3.63) is 27.2 Å². The number of carbonyl (C=O) groups is 2. The van der Waals surface area contributed by atoms with Crippen LogP contribution in [0, 0.1) is 13.8 Å². The summed E-state index contributed by atoms with van der Waals surface area (Å²) in [5.74, 6) is -0.319. The number of H-pyrrole nitrogens is 1. The van der Waals surface area contributed by atoms with Gasteiger partial charge in [0, 0.05) is 17.1 Å². The molecule has 0 saturated carbocycles. The molecule has 8 heteroatoms. The van der Waals surface area contributed by atoms with Crippen molar-refractivity contribution in [1.29, 1.82) is 0 Å². The number of hydrogen-bond donors (Lipinski definition) is 2. The molecule has 2 heterocycles. The summed E-state index contributed by atoms with van der Waals surface area (Å²) in [6.07, 6.45) is 0. The van der Waals surface area contributed by atoms with Gasteiger partial charge in [0.05, 0.1) is 36.6 Å². The molecular weight excluding hydrogens is 364 g/mol. The Morgan fingerprint density at radius 2 is 2.07 bits per heavy atom. The Labute approximate surface area is 164 Å². The molecule has 2 rings (SSSR count). The molecule has 0 saturated heterocycles. The van der Waals surface area contributed by atoms with Crippen LogP contribution in [-0.4, -0.2) is 53.0 Å². The molecule has 0 aliphatic rings. The molecular formula is C19H28N4O3S. The van der Waals surface area contributed by atoms with Crippen molar-refractivity contribution < 1.29 is 14.3 Å². The molecule has 0 aromatic carbocycles. The number of thiazole rings is 1. The highest BCUT2D eigenvalue weighted by Crippen LogP contribution is 2.29. The van der Waals surface area contributed by atoms with E-state index >= 15 is 0 Å². The Bertz CT molecular complexity index is 810. The number of nitrogens with zero attached hydrogens (tertiary/aromatic N) is 2. The molecule has 2 N–H and O–H groups in total. The molecule has 0 spiro atoms. The Balaban J connectivity index is 2.11. The molecule has 0 unspecified atom stereocenters. The molecule has 0 bridgehead atoms. The van der Waals surface area contributed by atoms with Gasteiger partial charge in [0.1, 0.15) is 5.01 Å². The fourth-order valence-corrected chi connectivity index (χ4v) is 3.78. The molecule has 1 amide bonds. The zero-order chi connectivity index (χ0) is 20.1. The van der Waals surface area contributed by atoms with Gasteiger partial charge in [0.25, 0.3) is 0 Å². The average Bonchev–Trinajstić information content (AvgIpc) is 3.10. The van der Waals surface area contributed by atoms with Gasteiger partial charge in [0.15, 0.2) is 0 Å². The van der Waals surface area contributed by atoms with Gasteiger partial charge in [-0.15, -0.1) is 11.3 Å². The van der Waals surface area contributed by atoms with Crippen molar-refractivity contribution in [3.8, 4) is 11.4 Å². The Hall–Kier alpha value is -2.19. The molecule has 0 radical (unpaired) electrons. The van der Waals surface area contributed by atoms with E-state index in [0.717, 1.165) is 27.7 Å². The Morgan fingerprint density at radius 1 is 1.37 bits per heavy atom. The van der Waals surface area contributed by atoms with Gasteiger partial charge in [-0.3, -0.25) is 9.69 Å². The number of amides is 1. The number of aryl methyl sites for hydroxylation is 1. The number of nitrogens with one attached hydrogen (secondary N) is 2. The zero-order valence-electron chi connectivity index (χ0n) is 16.8. The van der Waals surface area contributed by atoms with Crippen LogP contribution < -0.4 is 5.32 Å². The molecule has 2 aromatic heterocycles. The maximum absolute atomic E-state index is 12.2. The monoisotopic (exact) mass is 392 g/mol. The van der Waals surface area contributed by atoms with E-state index in [1.54, 1.807) is 6.92 Å². The summed E-state index contributed by atoms with van der Waals surface area (Å²) in [5, 5.41) is 5.76. The van der Waals surface area contributed by atoms with E-state index in [-0.39, 0.29) is 17.9 Å². The lowest BCUT2D eigenvalue weighted by molar-refractivity contribution is -0.122. The lowest BCUT2D eigenvalue weighted by Crippen LogP contribution is -2.38. The van der Waals surface area contributed by atoms with Crippen molar-refractivity contribution in [2.45, 2.75) is 47.2 Å². The minimum atomic E-state index is -0.318. The van der Waals surface area contributed by atoms with Crippen LogP contribution in [0.2, 0.25) is 0 Å². The Morgan fingerprint density at radius 3 is 2.70 bits per heavy atom. The summed E-state index contributed by atoms with van der Waals surface area (Å²) in [7, 11) is 1.89. The van der Waals surface area contributed by atoms with E-state index in [4.69, 9.17) is 4.74 Å². The molecule has 0 atom stereocenters. The fraction of sp³-hybridized carbons (Fsp3) is 0.526. The van der Waals surface area contributed by atoms with Crippen molar-refractivity contribution in [2.75, 3.05) is 20.2 Å². The van der Waals surface area contributed by atoms with E-state index in [1.165, 1.54) is 11.3 Å². The summed E-state index contributed by atoms with van der Waals surface area (Å²) < 4.78 is 5.14. The number of esters is 1. The topological polar surface area (TPSA) is 87.3 Å². The number of hydrogen-bond acceptors (Lipinski definition) is 6. The van der Waals surface area contributed by atoms with Crippen LogP contribution in [0.4, 0.5) is 0 Å². The maximum atomic E-state index is 12.2. The van der Waals surface area contributed by atoms with E-state index in [1.807, 2.05) is 45.0 Å². The molecule has 148 valence electrons. The van der Waals surface area contributed by atoms with Gasteiger partial charge < -0.3 is 15.0 Å². The third kappa shape index (κ3) is 5.40. The van der Waals surface area contributed by atoms with Crippen molar-refractivity contribution in [1.82, 2.24) is 20.2 Å². The predicted octanol–water partition coefficient (Wildman–Crippen LogP) is 2.89. The first-order chi connectivity index (χ1) is 12.7. The second kappa shape index (κ2) is 9.14. The van der Waals surface area contributed by atoms with E-state index in [2.05, 4.69) is 15.3 Å². The number of carbonyl (C=O) groups excluding carboxylic acids is 2. The molecule has 7 nitrogen and oxygen atoms in total. The van der Waals surface area contributed by atoms with Crippen molar-refractivity contribution >= 4 is 23.2 Å². The summed E-state index contributed by atoms with van der Waals surface area (Å²) in [6, 6.07) is 0.130. The first-order valence-corrected chi connectivity index (χ1v) is 9.89. The zero-order valence-corrected chi connectivity index (χ0v) is 17.6. The minimum absolute atomic E-state index is 0.000745. The number of rotatable bonds is 8. The van der Waals surface area contributed by atoms with Crippen molar-refractivity contribution in [3.63, 3.8) is 0 Å². The first kappa shape index (κ1) is 21.1. The first-order valence-electron chi connectivity index (χ1n) is 9.01. The maximum Gasteiger partial charge on any atom is 0.340 e. The smallest absolute Gasteiger partial charge is 0.340 e. The van der Waals surface area contributed by atoms with Gasteiger partial charge in [0.2, 0.25) is 5.91 Å². The van der Waals surface area contributed by atoms with Crippen LogP contribution in [0.3, 0.4) is 0 Å². The van der Waals surface area contributed by atoms with Crippen LogP contribution in [0.15, 0.2) is 5.38 Å². The Kier molecular flexibility index (Phi) is 7.15. The van der Waals surface area contributed by atoms with Crippen LogP contribution in [-0.2, 0) is 16.1 Å². The summed E-state index contributed by atoms with van der Waals surface area (Å²) in [4.78, 5) is 33.9. The van der Waals surface area contributed by atoms with Gasteiger partial charge in [-0.2, -0.15) is 0 Å². The van der Waals surface area contributed by atoms with E-state index in [9.17, 15) is 9.59 Å². The van der Waals surface area contributed by atoms with Crippen LogP contribution >= 0.6 is 11.3 Å². The highest BCUT2D eigenvalue weighted by atomic mass is 32.1. The minimum Gasteiger partial charge on any atom is -0.462 e. The second-order valence-electron chi connectivity index (χ2n) is 6.87. The number of likely N-dealkylation sites (N-methyl/N-ethyl adjacent to an activating group) is 1. The lowest BCUT2D eigenvalue weighted by atomic mass is 10.1. The van der Waals surface area contributed by atoms with Crippen molar-refractivity contribution in [2.24, 2.45) is 0 Å². The van der Waals surface area contributed by atoms with Crippen LogP contribution in [0.25, 0.3) is 11.4 Å². The van der Waals surface area contributed by atoms with Gasteiger partial charge >= 0.3 is 5.97 Å². The number of ether oxygens (including phenoxy) is 1. The highest BCUT2D eigenvalue weighted by Gasteiger charge is 2.21. The summed E-state index contributed by atoms with van der Waals surface area (Å²) in [6.45, 7) is 10.7. The quantitative estimate of drug-likeness (QED) is 0.675. The van der Waals surface area contributed by atoms with Crippen LogP contribution in [0.1, 0.15) is 47.4 Å². The largest absolute Gasteiger partial charge is 0.462 e. The third-order valence-corrected chi connectivity index (χ3v) is 4.83. The van der Waals surface area contributed by atoms with Crippen LogP contribution in [0.5, 0.6) is 0 Å². The molecule has 27 heavy (non-hydrogen) atoms. The molecule has 2 aromatic rings. The standard InChI is InChI=1S/C19H28N4O3S/c1-7-26-19(25)17-12(4)18(21-13(17)5)14-10-27-16(22-14)9-23(6)8-15(24)20-11(2)3/h10-11,21H,7-9H2,1-6H3,(H,20,24). The van der Waals surface area contributed by atoms with Gasteiger partial charge in [-0.1, -0.05) is 0 Å².